The molecule has 7 heteroatoms. The zero-order chi connectivity index (χ0) is 15.8. The predicted molar refractivity (Wildman–Crippen MR) is 91.0 cm³/mol. The number of benzene rings is 1. The molecule has 0 atom stereocenters. The Balaban J connectivity index is 1.75. The third-order valence-corrected chi connectivity index (χ3v) is 3.39. The van der Waals surface area contributed by atoms with E-state index in [9.17, 15) is 9.18 Å². The van der Waals surface area contributed by atoms with Crippen molar-refractivity contribution < 1.29 is 13.9 Å². The van der Waals surface area contributed by atoms with E-state index in [1.165, 1.54) is 5.47 Å². The van der Waals surface area contributed by atoms with Gasteiger partial charge in [0.15, 0.2) is 12.4 Å². The number of ether oxygens (including phenoxy) is 1. The van der Waals surface area contributed by atoms with Gasteiger partial charge in [-0.3, -0.25) is 0 Å². The lowest BCUT2D eigenvalue weighted by molar-refractivity contribution is 0.0324. The van der Waals surface area contributed by atoms with E-state index in [2.05, 4.69) is 33.5 Å². The minimum atomic E-state index is -1.13. The molecule has 4 nitrogen and oxygen atoms in total. The number of allylic oxidation sites excluding steroid dienone is 2. The van der Waals surface area contributed by atoms with Gasteiger partial charge in [-0.1, -0.05) is 17.6 Å². The van der Waals surface area contributed by atoms with E-state index >= 15 is 0 Å². The number of hydrogen-bond donors (Lipinski definition) is 2. The molecule has 1 aromatic carbocycles. The maximum Gasteiger partial charge on any atom is 0.340 e. The van der Waals surface area contributed by atoms with Crippen LogP contribution in [0.2, 0.25) is 0 Å². The van der Waals surface area contributed by atoms with Gasteiger partial charge in [0.05, 0.1) is 5.56 Å². The molecular weight excluding hydrogens is 302 g/mol. The van der Waals surface area contributed by atoms with E-state index in [0.29, 0.717) is 10.7 Å². The quantitative estimate of drug-likeness (QED) is 0.479. The molecule has 1 aromatic rings. The lowest BCUT2D eigenvalue weighted by Crippen LogP contribution is -2.29. The molecule has 0 saturated carbocycles. The molecule has 0 bridgehead atoms. The zero-order valence-electron chi connectivity index (χ0n) is 12.0. The first-order valence-corrected chi connectivity index (χ1v) is 7.32. The van der Waals surface area contributed by atoms with Crippen molar-refractivity contribution in [3.05, 3.63) is 53.4 Å². The number of esters is 1. The number of alkyl halides is 1. The van der Waals surface area contributed by atoms with Crippen molar-refractivity contribution in [1.82, 2.24) is 5.32 Å². The van der Waals surface area contributed by atoms with Crippen LogP contribution in [0, 0.1) is 0 Å². The first-order valence-electron chi connectivity index (χ1n) is 6.91. The monoisotopic (exact) mass is 318 g/mol. The summed E-state index contributed by atoms with van der Waals surface area (Å²) >= 11 is 5.20. The molecular formula is C15H16BFN2O2S. The highest BCUT2D eigenvalue weighted by Crippen LogP contribution is 2.11. The highest BCUT2D eigenvalue weighted by atomic mass is 32.1. The first kappa shape index (κ1) is 16.2. The molecule has 0 fully saturated rings. The molecule has 1 aliphatic rings. The predicted octanol–water partition coefficient (Wildman–Crippen LogP) is 2.29. The van der Waals surface area contributed by atoms with Crippen LogP contribution in [-0.4, -0.2) is 31.8 Å². The molecule has 0 spiro atoms. The number of rotatable bonds is 6. The number of carbonyl (C=O) groups excluding carboxylic acids is 1. The van der Waals surface area contributed by atoms with Gasteiger partial charge in [-0.2, -0.15) is 0 Å². The highest BCUT2D eigenvalue weighted by Gasteiger charge is 2.07. The van der Waals surface area contributed by atoms with Crippen LogP contribution in [0.5, 0.6) is 0 Å². The summed E-state index contributed by atoms with van der Waals surface area (Å²) in [5.74, 6) is 1.44. The van der Waals surface area contributed by atoms with E-state index in [1.54, 1.807) is 24.3 Å². The van der Waals surface area contributed by atoms with E-state index < -0.39 is 12.8 Å². The van der Waals surface area contributed by atoms with Gasteiger partial charge < -0.3 is 15.4 Å². The number of carbonyl (C=O) groups is 1. The third-order valence-electron chi connectivity index (χ3n) is 3.14. The van der Waals surface area contributed by atoms with Crippen molar-refractivity contribution in [2.24, 2.45) is 0 Å². The molecule has 114 valence electrons. The number of hydrogen-bond acceptors (Lipinski definition) is 3. The minimum absolute atomic E-state index is 0.294. The topological polar surface area (TPSA) is 50.4 Å². The van der Waals surface area contributed by atoms with Crippen molar-refractivity contribution in [2.75, 3.05) is 18.7 Å². The summed E-state index contributed by atoms with van der Waals surface area (Å²) in [5.41, 5.74) is 2.42. The SMILES string of the molecule is O=C(OCF)c1ccc(NC(=S)NCCC2=CC=CB2)cc1. The van der Waals surface area contributed by atoms with Crippen LogP contribution in [0.15, 0.2) is 47.9 Å². The number of thiocarbonyl (C=S) groups is 1. The number of nitrogens with one attached hydrogen (secondary N) is 2. The van der Waals surface area contributed by atoms with Crippen molar-refractivity contribution >= 4 is 36.3 Å². The molecule has 0 unspecified atom stereocenters. The van der Waals surface area contributed by atoms with Crippen LogP contribution in [0.3, 0.4) is 0 Å². The highest BCUT2D eigenvalue weighted by molar-refractivity contribution is 7.80. The normalized spacial score (nSPS) is 12.3. The van der Waals surface area contributed by atoms with Gasteiger partial charge in [-0.05, 0) is 42.9 Å². The molecule has 1 aliphatic heterocycles. The molecule has 0 saturated heterocycles. The smallest absolute Gasteiger partial charge is 0.340 e. The first-order chi connectivity index (χ1) is 10.7. The lowest BCUT2D eigenvalue weighted by Gasteiger charge is -2.11. The zero-order valence-corrected chi connectivity index (χ0v) is 12.8. The second-order valence-corrected chi connectivity index (χ2v) is 5.11. The molecule has 22 heavy (non-hydrogen) atoms. The Morgan fingerprint density at radius 1 is 1.32 bits per heavy atom. The van der Waals surface area contributed by atoms with Crippen LogP contribution < -0.4 is 10.6 Å². The average Bonchev–Trinajstić information content (AvgIpc) is 3.01. The maximum absolute atomic E-state index is 11.9. The molecule has 1 heterocycles. The van der Waals surface area contributed by atoms with E-state index in [4.69, 9.17) is 12.2 Å². The van der Waals surface area contributed by atoms with E-state index in [-0.39, 0.29) is 0 Å². The molecule has 0 aliphatic carbocycles. The summed E-state index contributed by atoms with van der Waals surface area (Å²) in [5, 5.41) is 6.67. The van der Waals surface area contributed by atoms with Gasteiger partial charge >= 0.3 is 5.97 Å². The van der Waals surface area contributed by atoms with Gasteiger partial charge in [-0.25, -0.2) is 9.18 Å². The molecule has 0 radical (unpaired) electrons. The van der Waals surface area contributed by atoms with Gasteiger partial charge in [0.2, 0.25) is 6.86 Å². The molecule has 0 amide bonds. The van der Waals surface area contributed by atoms with Crippen LogP contribution in [-0.2, 0) is 4.74 Å². The third kappa shape index (κ3) is 5.00. The van der Waals surface area contributed by atoms with Gasteiger partial charge in [0.25, 0.3) is 0 Å². The Bertz CT molecular complexity index is 602. The van der Waals surface area contributed by atoms with Crippen molar-refractivity contribution in [3.63, 3.8) is 0 Å². The molecule has 0 aromatic heterocycles. The summed E-state index contributed by atoms with van der Waals surface area (Å²) < 4.78 is 16.2. The number of halogens is 1. The van der Waals surface area contributed by atoms with Gasteiger partial charge in [-0.15, -0.1) is 5.98 Å². The van der Waals surface area contributed by atoms with Crippen molar-refractivity contribution in [1.29, 1.82) is 0 Å². The summed E-state index contributed by atoms with van der Waals surface area (Å²) in [6, 6.07) is 6.48. The summed E-state index contributed by atoms with van der Waals surface area (Å²) in [7, 11) is 1.01. The fourth-order valence-electron chi connectivity index (χ4n) is 2.01. The minimum Gasteiger partial charge on any atom is -0.430 e. The van der Waals surface area contributed by atoms with E-state index in [0.717, 1.165) is 25.9 Å². The molecule has 2 N–H and O–H groups in total. The van der Waals surface area contributed by atoms with Crippen LogP contribution in [0.1, 0.15) is 16.8 Å². The Kier molecular flexibility index (Phi) is 6.15. The second-order valence-electron chi connectivity index (χ2n) is 4.71. The lowest BCUT2D eigenvalue weighted by atomic mass is 9.71. The maximum atomic E-state index is 11.9. The van der Waals surface area contributed by atoms with E-state index in [1.807, 2.05) is 0 Å². The van der Waals surface area contributed by atoms with Crippen LogP contribution >= 0.6 is 12.2 Å². The van der Waals surface area contributed by atoms with Gasteiger partial charge in [0, 0.05) is 12.2 Å². The Hall–Kier alpha value is -2.15. The summed E-state index contributed by atoms with van der Waals surface area (Å²) in [4.78, 5) is 11.3. The van der Waals surface area contributed by atoms with Crippen LogP contribution in [0.25, 0.3) is 0 Å². The fourth-order valence-corrected chi connectivity index (χ4v) is 2.23. The summed E-state index contributed by atoms with van der Waals surface area (Å²) in [6.45, 7) is -0.362. The largest absolute Gasteiger partial charge is 0.430 e. The molecule has 2 rings (SSSR count). The Morgan fingerprint density at radius 3 is 2.73 bits per heavy atom. The van der Waals surface area contributed by atoms with Crippen molar-refractivity contribution in [3.8, 4) is 0 Å². The average molecular weight is 318 g/mol. The fraction of sp³-hybridized carbons (Fsp3) is 0.200. The Labute approximate surface area is 134 Å². The Morgan fingerprint density at radius 2 is 2.09 bits per heavy atom. The summed E-state index contributed by atoms with van der Waals surface area (Å²) in [6.07, 6.45) is 5.12. The van der Waals surface area contributed by atoms with Gasteiger partial charge in [0.1, 0.15) is 0 Å². The van der Waals surface area contributed by atoms with Crippen LogP contribution in [0.4, 0.5) is 10.1 Å². The standard InChI is InChI=1S/C15H16BFN2O2S/c17-10-21-14(20)11-3-5-13(6-4-11)19-15(22)18-9-7-12-2-1-8-16-12/h1-6,8,16H,7,9-10H2,(H2,18,19,22). The second kappa shape index (κ2) is 8.33. The van der Waals surface area contributed by atoms with Crippen molar-refractivity contribution in [2.45, 2.75) is 6.42 Å². The number of anilines is 1.